The number of carbonyl (C=O) groups is 1. The van der Waals surface area contributed by atoms with Crippen LogP contribution in [-0.2, 0) is 19.3 Å². The largest absolute Gasteiger partial charge is 0.488 e. The van der Waals surface area contributed by atoms with Crippen LogP contribution in [-0.4, -0.2) is 51.6 Å². The second-order valence-electron chi connectivity index (χ2n) is 6.75. The molecule has 0 bridgehead atoms. The van der Waals surface area contributed by atoms with E-state index < -0.39 is 15.8 Å². The summed E-state index contributed by atoms with van der Waals surface area (Å²) in [5.74, 6) is 0.529. The van der Waals surface area contributed by atoms with Crippen molar-refractivity contribution in [1.29, 1.82) is 0 Å². The van der Waals surface area contributed by atoms with Crippen LogP contribution in [0.1, 0.15) is 30.1 Å². The van der Waals surface area contributed by atoms with Gasteiger partial charge in [-0.05, 0) is 44.0 Å². The Morgan fingerprint density at radius 3 is 2.45 bits per heavy atom. The molecule has 0 unspecified atom stereocenters. The summed E-state index contributed by atoms with van der Waals surface area (Å²) < 4.78 is 45.8. The molecule has 0 N–H and O–H groups in total. The van der Waals surface area contributed by atoms with Gasteiger partial charge < -0.3 is 18.9 Å². The predicted octanol–water partition coefficient (Wildman–Crippen LogP) is 3.01. The van der Waals surface area contributed by atoms with Crippen LogP contribution in [0.25, 0.3) is 0 Å². The number of methoxy groups -OCH3 is 2. The molecule has 1 saturated carbocycles. The van der Waals surface area contributed by atoms with E-state index >= 15 is 0 Å². The number of benzene rings is 1. The van der Waals surface area contributed by atoms with Crippen molar-refractivity contribution in [2.24, 2.45) is 0 Å². The molecule has 1 aromatic carbocycles. The molecule has 0 amide bonds. The highest BCUT2D eigenvalue weighted by Crippen LogP contribution is 2.33. The van der Waals surface area contributed by atoms with Crippen LogP contribution in [0.4, 0.5) is 0 Å². The maximum Gasteiger partial charge on any atom is 0.338 e. The number of ether oxygens (including phenoxy) is 4. The molecule has 1 heterocycles. The summed E-state index contributed by atoms with van der Waals surface area (Å²) in [4.78, 5) is 16.0. The topological polar surface area (TPSA) is 101 Å². The number of esters is 1. The van der Waals surface area contributed by atoms with Gasteiger partial charge in [0.05, 0.1) is 30.7 Å². The van der Waals surface area contributed by atoms with E-state index in [9.17, 15) is 13.2 Å². The number of sulfone groups is 1. The highest BCUT2D eigenvalue weighted by Gasteiger charge is 2.37. The van der Waals surface area contributed by atoms with Crippen molar-refractivity contribution in [3.63, 3.8) is 0 Å². The van der Waals surface area contributed by atoms with Crippen molar-refractivity contribution < 1.29 is 32.2 Å². The fraction of sp³-hybridized carbons (Fsp3) is 0.400. The second-order valence-corrected chi connectivity index (χ2v) is 8.92. The molecule has 3 rings (SSSR count). The molecule has 156 valence electrons. The van der Waals surface area contributed by atoms with E-state index in [0.29, 0.717) is 36.7 Å². The minimum absolute atomic E-state index is 0.0353. The molecule has 0 saturated heterocycles. The van der Waals surface area contributed by atoms with Crippen LogP contribution < -0.4 is 9.47 Å². The average Bonchev–Trinajstić information content (AvgIpc) is 3.53. The van der Waals surface area contributed by atoms with Crippen LogP contribution in [0.15, 0.2) is 41.6 Å². The zero-order chi connectivity index (χ0) is 21.0. The first-order valence-corrected chi connectivity index (χ1v) is 10.6. The summed E-state index contributed by atoms with van der Waals surface area (Å²) in [7, 11) is -0.509. The normalized spacial score (nSPS) is 14.9. The first kappa shape index (κ1) is 21.1. The van der Waals surface area contributed by atoms with E-state index in [1.54, 1.807) is 19.2 Å². The number of pyridine rings is 1. The van der Waals surface area contributed by atoms with Gasteiger partial charge in [-0.2, -0.15) is 0 Å². The van der Waals surface area contributed by atoms with Crippen LogP contribution in [0, 0.1) is 0 Å². The summed E-state index contributed by atoms with van der Waals surface area (Å²) in [6.07, 6.45) is 2.45. The number of hydrogen-bond acceptors (Lipinski definition) is 8. The van der Waals surface area contributed by atoms with Gasteiger partial charge in [-0.3, -0.25) is 0 Å². The van der Waals surface area contributed by atoms with Crippen LogP contribution >= 0.6 is 0 Å². The van der Waals surface area contributed by atoms with Gasteiger partial charge in [0.15, 0.2) is 14.9 Å². The van der Waals surface area contributed by atoms with E-state index in [1.165, 1.54) is 31.5 Å². The number of nitrogens with zero attached hydrogens (tertiary/aromatic N) is 1. The number of rotatable bonds is 9. The van der Waals surface area contributed by atoms with Crippen LogP contribution in [0.2, 0.25) is 0 Å². The monoisotopic (exact) mass is 421 g/mol. The lowest BCUT2D eigenvalue weighted by molar-refractivity contribution is 0.0598. The fourth-order valence-corrected chi connectivity index (χ4v) is 4.27. The molecule has 1 atom stereocenters. The molecule has 9 heteroatoms. The SMILES string of the molecule is COC[C@H](C)Oc1cc(Oc2ccc(S(=O)(=O)C3CC3)nc2)cc(C(=O)OC)c1. The highest BCUT2D eigenvalue weighted by molar-refractivity contribution is 7.92. The standard InChI is InChI=1S/C20H23NO7S/c1-13(12-25-2)27-16-8-14(20(22)26-3)9-17(10-16)28-15-4-7-19(21-11-15)29(23,24)18-5-6-18/h4,7-11,13,18H,5-6,12H2,1-3H3/t13-/m0/s1. The summed E-state index contributed by atoms with van der Waals surface area (Å²) in [6, 6.07) is 7.63. The molecule has 1 aromatic heterocycles. The first-order valence-electron chi connectivity index (χ1n) is 9.10. The van der Waals surface area contributed by atoms with Crippen molar-refractivity contribution in [3.05, 3.63) is 42.1 Å². The Morgan fingerprint density at radius 2 is 1.86 bits per heavy atom. The molecular formula is C20H23NO7S. The third-order valence-corrected chi connectivity index (χ3v) is 6.41. The van der Waals surface area contributed by atoms with E-state index in [4.69, 9.17) is 18.9 Å². The van der Waals surface area contributed by atoms with E-state index in [1.807, 2.05) is 6.92 Å². The van der Waals surface area contributed by atoms with Crippen molar-refractivity contribution in [3.8, 4) is 17.2 Å². The Bertz CT molecular complexity index is 969. The molecule has 1 aliphatic rings. The number of carbonyl (C=O) groups excluding carboxylic acids is 1. The van der Waals surface area contributed by atoms with Gasteiger partial charge in [-0.15, -0.1) is 0 Å². The van der Waals surface area contributed by atoms with E-state index in [2.05, 4.69) is 4.98 Å². The molecule has 1 aliphatic carbocycles. The lowest BCUT2D eigenvalue weighted by atomic mass is 10.2. The second kappa shape index (κ2) is 8.79. The average molecular weight is 421 g/mol. The third kappa shape index (κ3) is 5.24. The third-order valence-electron chi connectivity index (χ3n) is 4.24. The van der Waals surface area contributed by atoms with Crippen molar-refractivity contribution >= 4 is 15.8 Å². The number of aromatic nitrogens is 1. The van der Waals surface area contributed by atoms with Gasteiger partial charge in [0.25, 0.3) is 0 Å². The lowest BCUT2D eigenvalue weighted by Crippen LogP contribution is -2.18. The van der Waals surface area contributed by atoms with Crippen molar-refractivity contribution in [1.82, 2.24) is 4.98 Å². The summed E-state index contributed by atoms with van der Waals surface area (Å²) in [5, 5.41) is -0.291. The first-order chi connectivity index (χ1) is 13.8. The smallest absolute Gasteiger partial charge is 0.338 e. The zero-order valence-electron chi connectivity index (χ0n) is 16.5. The van der Waals surface area contributed by atoms with Crippen molar-refractivity contribution in [2.45, 2.75) is 36.1 Å². The van der Waals surface area contributed by atoms with E-state index in [-0.39, 0.29) is 21.9 Å². The minimum atomic E-state index is -3.36. The Balaban J connectivity index is 1.82. The fourth-order valence-electron chi connectivity index (χ4n) is 2.72. The molecular weight excluding hydrogens is 398 g/mol. The van der Waals surface area contributed by atoms with Gasteiger partial charge in [-0.1, -0.05) is 0 Å². The molecule has 0 aliphatic heterocycles. The molecule has 1 fully saturated rings. The van der Waals surface area contributed by atoms with Crippen molar-refractivity contribution in [2.75, 3.05) is 20.8 Å². The predicted molar refractivity (Wildman–Crippen MR) is 104 cm³/mol. The van der Waals surface area contributed by atoms with E-state index in [0.717, 1.165) is 0 Å². The maximum absolute atomic E-state index is 12.2. The highest BCUT2D eigenvalue weighted by atomic mass is 32.2. The Kier molecular flexibility index (Phi) is 6.39. The zero-order valence-corrected chi connectivity index (χ0v) is 17.3. The Labute approximate surface area is 169 Å². The molecule has 29 heavy (non-hydrogen) atoms. The summed E-state index contributed by atoms with van der Waals surface area (Å²) in [5.41, 5.74) is 0.255. The quantitative estimate of drug-likeness (QED) is 0.570. The molecule has 8 nitrogen and oxygen atoms in total. The maximum atomic E-state index is 12.2. The minimum Gasteiger partial charge on any atom is -0.488 e. The van der Waals surface area contributed by atoms with Gasteiger partial charge in [0.2, 0.25) is 0 Å². The lowest BCUT2D eigenvalue weighted by Gasteiger charge is -2.16. The molecule has 0 spiro atoms. The number of hydrogen-bond donors (Lipinski definition) is 0. The van der Waals surface area contributed by atoms with Gasteiger partial charge in [0.1, 0.15) is 23.4 Å². The molecule has 2 aromatic rings. The Hall–Kier alpha value is -2.65. The molecule has 0 radical (unpaired) electrons. The Morgan fingerprint density at radius 1 is 1.14 bits per heavy atom. The van der Waals surface area contributed by atoms with Crippen LogP contribution in [0.3, 0.4) is 0 Å². The summed E-state index contributed by atoms with van der Waals surface area (Å²) in [6.45, 7) is 2.21. The summed E-state index contributed by atoms with van der Waals surface area (Å²) >= 11 is 0. The van der Waals surface area contributed by atoms with Gasteiger partial charge >= 0.3 is 5.97 Å². The van der Waals surface area contributed by atoms with Crippen LogP contribution in [0.5, 0.6) is 17.2 Å². The van der Waals surface area contributed by atoms with Gasteiger partial charge in [0, 0.05) is 13.2 Å². The van der Waals surface area contributed by atoms with Gasteiger partial charge in [-0.25, -0.2) is 18.2 Å².